The van der Waals surface area contributed by atoms with Crippen molar-refractivity contribution >= 4 is 5.91 Å². The summed E-state index contributed by atoms with van der Waals surface area (Å²) in [6, 6.07) is -0.822. The average molecular weight is 804 g/mol. The summed E-state index contributed by atoms with van der Waals surface area (Å²) in [5, 5.41) is 33.5. The summed E-state index contributed by atoms with van der Waals surface area (Å²) < 4.78 is 0. The van der Waals surface area contributed by atoms with Crippen molar-refractivity contribution in [2.75, 3.05) is 6.61 Å². The molecule has 0 rings (SSSR count). The van der Waals surface area contributed by atoms with Gasteiger partial charge in [0.1, 0.15) is 6.10 Å². The molecule has 0 aliphatic rings. The van der Waals surface area contributed by atoms with Crippen molar-refractivity contribution < 1.29 is 20.1 Å². The van der Waals surface area contributed by atoms with E-state index in [1.54, 1.807) is 0 Å². The number of aliphatic hydroxyl groups excluding tert-OH is 3. The largest absolute Gasteiger partial charge is 0.394 e. The summed E-state index contributed by atoms with van der Waals surface area (Å²) in [4.78, 5) is 12.4. The lowest BCUT2D eigenvalue weighted by Crippen LogP contribution is -2.50. The molecule has 0 heterocycles. The third-order valence-corrected chi connectivity index (χ3v) is 12.0. The number of allylic oxidation sites excluding steroid dienone is 4. The first-order valence-corrected chi connectivity index (χ1v) is 25.6. The molecule has 3 unspecified atom stereocenters. The number of hydrogen-bond acceptors (Lipinski definition) is 4. The van der Waals surface area contributed by atoms with Crippen LogP contribution in [0.2, 0.25) is 0 Å². The molecule has 0 spiro atoms. The summed E-state index contributed by atoms with van der Waals surface area (Å²) in [7, 11) is 0. The lowest BCUT2D eigenvalue weighted by atomic mass is 10.0. The van der Waals surface area contributed by atoms with E-state index in [2.05, 4.69) is 43.5 Å². The number of unbranched alkanes of at least 4 members (excludes halogenated alkanes) is 35. The van der Waals surface area contributed by atoms with Gasteiger partial charge in [-0.15, -0.1) is 0 Å². The number of aliphatic hydroxyl groups is 3. The molecule has 3 atom stereocenters. The summed E-state index contributed by atoms with van der Waals surface area (Å²) >= 11 is 0. The Labute approximate surface area is 356 Å². The first-order valence-electron chi connectivity index (χ1n) is 25.6. The summed E-state index contributed by atoms with van der Waals surface area (Å²) in [6.45, 7) is 4.16. The minimum Gasteiger partial charge on any atom is -0.394 e. The zero-order valence-corrected chi connectivity index (χ0v) is 38.5. The van der Waals surface area contributed by atoms with Crippen LogP contribution in [0.1, 0.15) is 277 Å². The highest BCUT2D eigenvalue weighted by Gasteiger charge is 2.26. The summed E-state index contributed by atoms with van der Waals surface area (Å²) in [5.41, 5.74) is 0. The summed E-state index contributed by atoms with van der Waals surface area (Å²) in [5.74, 6) is -0.152. The second-order valence-electron chi connectivity index (χ2n) is 17.7. The maximum Gasteiger partial charge on any atom is 0.220 e. The van der Waals surface area contributed by atoms with Crippen molar-refractivity contribution in [3.63, 3.8) is 0 Å². The van der Waals surface area contributed by atoms with E-state index in [1.165, 1.54) is 212 Å². The van der Waals surface area contributed by atoms with Gasteiger partial charge in [-0.3, -0.25) is 4.79 Å². The number of carbonyl (C=O) groups is 1. The van der Waals surface area contributed by atoms with Crippen LogP contribution in [0.4, 0.5) is 0 Å². The lowest BCUT2D eigenvalue weighted by Gasteiger charge is -2.26. The van der Waals surface area contributed by atoms with Gasteiger partial charge in [0.05, 0.1) is 18.8 Å². The highest BCUT2D eigenvalue weighted by Crippen LogP contribution is 2.17. The zero-order valence-electron chi connectivity index (χ0n) is 38.5. The van der Waals surface area contributed by atoms with Gasteiger partial charge in [0.25, 0.3) is 0 Å². The van der Waals surface area contributed by atoms with Gasteiger partial charge in [-0.05, 0) is 64.2 Å². The van der Waals surface area contributed by atoms with Crippen molar-refractivity contribution in [2.45, 2.75) is 295 Å². The topological polar surface area (TPSA) is 89.8 Å². The Balaban J connectivity index is 3.48. The molecule has 1 amide bonds. The zero-order chi connectivity index (χ0) is 41.5. The van der Waals surface area contributed by atoms with Crippen LogP contribution in [-0.2, 0) is 4.79 Å². The van der Waals surface area contributed by atoms with Gasteiger partial charge in [-0.1, -0.05) is 231 Å². The van der Waals surface area contributed by atoms with Gasteiger partial charge >= 0.3 is 0 Å². The number of hydrogen-bond donors (Lipinski definition) is 4. The van der Waals surface area contributed by atoms with Crippen LogP contribution in [0.5, 0.6) is 0 Å². The molecular weight excluding hydrogens is 703 g/mol. The van der Waals surface area contributed by atoms with Crippen LogP contribution in [0.3, 0.4) is 0 Å². The third-order valence-electron chi connectivity index (χ3n) is 12.0. The van der Waals surface area contributed by atoms with E-state index < -0.39 is 18.2 Å². The van der Waals surface area contributed by atoms with E-state index in [1.807, 2.05) is 0 Å². The van der Waals surface area contributed by atoms with Gasteiger partial charge < -0.3 is 20.6 Å². The molecule has 0 aliphatic carbocycles. The predicted molar refractivity (Wildman–Crippen MR) is 250 cm³/mol. The van der Waals surface area contributed by atoms with E-state index in [0.717, 1.165) is 38.5 Å². The molecule has 57 heavy (non-hydrogen) atoms. The Hall–Kier alpha value is -1.17. The van der Waals surface area contributed by atoms with E-state index in [4.69, 9.17) is 0 Å². The molecule has 5 nitrogen and oxygen atoms in total. The first kappa shape index (κ1) is 55.8. The average Bonchev–Trinajstić information content (AvgIpc) is 3.22. The standard InChI is InChI=1S/C52H101NO4/c1-3-5-7-9-11-13-15-16-17-18-19-20-21-22-23-24-25-26-27-28-29-30-31-32-33-34-35-37-39-41-43-45-47-51(56)53-49(48-54)52(57)50(55)46-44-42-40-38-36-14-12-10-8-6-4-2/h22-23,38,40,49-50,52,54-55,57H,3-21,24-37,39,41-48H2,1-2H3,(H,53,56)/b23-22-,40-38+. The van der Waals surface area contributed by atoms with Crippen LogP contribution < -0.4 is 5.32 Å². The van der Waals surface area contributed by atoms with Crippen molar-refractivity contribution in [1.82, 2.24) is 5.32 Å². The van der Waals surface area contributed by atoms with Crippen LogP contribution >= 0.6 is 0 Å². The molecule has 0 fully saturated rings. The predicted octanol–water partition coefficient (Wildman–Crippen LogP) is 15.3. The van der Waals surface area contributed by atoms with Gasteiger partial charge in [-0.2, -0.15) is 0 Å². The monoisotopic (exact) mass is 804 g/mol. The second-order valence-corrected chi connectivity index (χ2v) is 17.7. The molecule has 0 aromatic rings. The molecule has 0 bridgehead atoms. The van der Waals surface area contributed by atoms with Crippen molar-refractivity contribution in [2.24, 2.45) is 0 Å². The first-order chi connectivity index (χ1) is 28.1. The number of nitrogens with one attached hydrogen (secondary N) is 1. The normalized spacial score (nSPS) is 13.6. The van der Waals surface area contributed by atoms with Crippen LogP contribution in [0.25, 0.3) is 0 Å². The Bertz CT molecular complexity index is 844. The molecule has 338 valence electrons. The van der Waals surface area contributed by atoms with E-state index in [0.29, 0.717) is 12.8 Å². The Kier molecular flexibility index (Phi) is 46.5. The van der Waals surface area contributed by atoms with Gasteiger partial charge in [0, 0.05) is 6.42 Å². The fourth-order valence-corrected chi connectivity index (χ4v) is 8.04. The Morgan fingerprint density at radius 1 is 0.421 bits per heavy atom. The third kappa shape index (κ3) is 42.8. The van der Waals surface area contributed by atoms with Crippen LogP contribution in [0, 0.1) is 0 Å². The molecule has 0 radical (unpaired) electrons. The molecule has 5 heteroatoms. The van der Waals surface area contributed by atoms with Crippen LogP contribution in [0.15, 0.2) is 24.3 Å². The lowest BCUT2D eigenvalue weighted by molar-refractivity contribution is -0.124. The van der Waals surface area contributed by atoms with Crippen molar-refractivity contribution in [1.29, 1.82) is 0 Å². The maximum absolute atomic E-state index is 12.4. The SMILES string of the molecule is CCCCCCCC/C=C/CCCC(O)C(O)C(CO)NC(=O)CCCCCCCCCCCCCCCCCC/C=C\CCCCCCCCCCCCCC. The fourth-order valence-electron chi connectivity index (χ4n) is 8.04. The number of carbonyl (C=O) groups excluding carboxylic acids is 1. The fraction of sp³-hybridized carbons (Fsp3) is 0.904. The minimum absolute atomic E-state index is 0.152. The minimum atomic E-state index is -1.16. The van der Waals surface area contributed by atoms with Crippen LogP contribution in [-0.4, -0.2) is 46.1 Å². The smallest absolute Gasteiger partial charge is 0.220 e. The molecule has 0 saturated heterocycles. The van der Waals surface area contributed by atoms with E-state index in [-0.39, 0.29) is 12.5 Å². The number of amides is 1. The molecule has 0 saturated carbocycles. The highest BCUT2D eigenvalue weighted by atomic mass is 16.3. The molecular formula is C52H101NO4. The Morgan fingerprint density at radius 3 is 1.02 bits per heavy atom. The number of rotatable bonds is 47. The van der Waals surface area contributed by atoms with Gasteiger partial charge in [-0.25, -0.2) is 0 Å². The molecule has 0 aromatic heterocycles. The second kappa shape index (κ2) is 47.5. The molecule has 4 N–H and O–H groups in total. The van der Waals surface area contributed by atoms with E-state index >= 15 is 0 Å². The quantitative estimate of drug-likeness (QED) is 0.0364. The molecule has 0 aromatic carbocycles. The maximum atomic E-state index is 12.4. The van der Waals surface area contributed by atoms with Crippen molar-refractivity contribution in [3.05, 3.63) is 24.3 Å². The molecule has 0 aliphatic heterocycles. The van der Waals surface area contributed by atoms with Gasteiger partial charge in [0.2, 0.25) is 5.91 Å². The Morgan fingerprint density at radius 2 is 0.702 bits per heavy atom. The van der Waals surface area contributed by atoms with Crippen molar-refractivity contribution in [3.8, 4) is 0 Å². The van der Waals surface area contributed by atoms with E-state index in [9.17, 15) is 20.1 Å². The summed E-state index contributed by atoms with van der Waals surface area (Å²) in [6.07, 6.45) is 59.1. The highest BCUT2D eigenvalue weighted by molar-refractivity contribution is 5.76. The van der Waals surface area contributed by atoms with Gasteiger partial charge in [0.15, 0.2) is 0 Å².